The van der Waals surface area contributed by atoms with E-state index in [4.69, 9.17) is 15.0 Å². The zero-order valence-corrected chi connectivity index (χ0v) is 34.3. The van der Waals surface area contributed by atoms with Gasteiger partial charge in [0.05, 0.1) is 22.1 Å². The molecule has 2 unspecified atom stereocenters. The quantitative estimate of drug-likeness (QED) is 0.169. The van der Waals surface area contributed by atoms with Gasteiger partial charge in [0.15, 0.2) is 5.82 Å². The molecular formula is C54H53N5. The lowest BCUT2D eigenvalue weighted by molar-refractivity contribution is -0.00989. The van der Waals surface area contributed by atoms with Crippen LogP contribution in [0.15, 0.2) is 115 Å². The molecule has 6 aliphatic carbocycles. The van der Waals surface area contributed by atoms with E-state index in [0.717, 1.165) is 64.7 Å². The summed E-state index contributed by atoms with van der Waals surface area (Å²) in [5.74, 6) is 7.24. The molecule has 3 aromatic heterocycles. The zero-order valence-electron chi connectivity index (χ0n) is 34.3. The molecular weight excluding hydrogens is 719 g/mol. The van der Waals surface area contributed by atoms with E-state index in [-0.39, 0.29) is 10.8 Å². The molecule has 0 aliphatic heterocycles. The predicted molar refractivity (Wildman–Crippen MR) is 240 cm³/mol. The van der Waals surface area contributed by atoms with Crippen LogP contribution < -0.4 is 0 Å². The molecule has 0 spiro atoms. The summed E-state index contributed by atoms with van der Waals surface area (Å²) in [6, 6.07) is 42.6. The third-order valence-corrected chi connectivity index (χ3v) is 16.4. The summed E-state index contributed by atoms with van der Waals surface area (Å²) >= 11 is 0. The van der Waals surface area contributed by atoms with Crippen LogP contribution in [0.1, 0.15) is 102 Å². The molecule has 14 rings (SSSR count). The van der Waals surface area contributed by atoms with E-state index >= 15 is 0 Å². The second kappa shape index (κ2) is 12.9. The summed E-state index contributed by atoms with van der Waals surface area (Å²) < 4.78 is 5.00. The van der Waals surface area contributed by atoms with E-state index < -0.39 is 0 Å². The topological polar surface area (TPSA) is 48.5 Å². The highest BCUT2D eigenvalue weighted by Crippen LogP contribution is 2.61. The van der Waals surface area contributed by atoms with E-state index in [1.54, 1.807) is 0 Å². The molecule has 0 N–H and O–H groups in total. The average Bonchev–Trinajstić information content (AvgIpc) is 3.79. The molecule has 294 valence electrons. The SMILES string of the molecule is CCC1(c2nc(-c3cccc(-n4c5ccccc5c5ccc6c7ccccc7n(-c7ccccc7)c6c54)c3)nc(C34CC5CC(CC(C5)C3)C4)n2)CC2CCCC(C2)C1. The number of rotatable bonds is 6. The van der Waals surface area contributed by atoms with Crippen molar-refractivity contribution in [3.63, 3.8) is 0 Å². The minimum absolute atomic E-state index is 0.0314. The first kappa shape index (κ1) is 34.6. The molecule has 6 saturated carbocycles. The van der Waals surface area contributed by atoms with Crippen LogP contribution >= 0.6 is 0 Å². The fraction of sp³-hybridized carbons (Fsp3) is 0.389. The molecule has 0 radical (unpaired) electrons. The second-order valence-corrected chi connectivity index (χ2v) is 19.9. The van der Waals surface area contributed by atoms with Gasteiger partial charge in [-0.05, 0) is 130 Å². The molecule has 6 fully saturated rings. The predicted octanol–water partition coefficient (Wildman–Crippen LogP) is 13.4. The smallest absolute Gasteiger partial charge is 0.163 e. The Morgan fingerprint density at radius 3 is 1.68 bits per heavy atom. The first-order valence-corrected chi connectivity index (χ1v) is 22.9. The fourth-order valence-corrected chi connectivity index (χ4v) is 14.4. The zero-order chi connectivity index (χ0) is 38.9. The molecule has 8 aromatic rings. The third kappa shape index (κ3) is 5.18. The van der Waals surface area contributed by atoms with Crippen LogP contribution in [0, 0.1) is 29.6 Å². The Labute approximate surface area is 346 Å². The number of para-hydroxylation sites is 3. The lowest BCUT2D eigenvalue weighted by Gasteiger charge is -2.56. The number of fused-ring (bicyclic) bond motifs is 9. The van der Waals surface area contributed by atoms with Gasteiger partial charge < -0.3 is 9.13 Å². The molecule has 3 heterocycles. The minimum Gasteiger partial charge on any atom is -0.307 e. The van der Waals surface area contributed by atoms with Crippen molar-refractivity contribution in [3.05, 3.63) is 127 Å². The fourth-order valence-electron chi connectivity index (χ4n) is 14.4. The van der Waals surface area contributed by atoms with Crippen LogP contribution in [0.25, 0.3) is 66.4 Å². The maximum Gasteiger partial charge on any atom is 0.163 e. The maximum absolute atomic E-state index is 5.76. The number of hydrogen-bond donors (Lipinski definition) is 0. The molecule has 5 aromatic carbocycles. The summed E-state index contributed by atoms with van der Waals surface area (Å²) in [5, 5.41) is 5.06. The Morgan fingerprint density at radius 2 is 1.05 bits per heavy atom. The van der Waals surface area contributed by atoms with Crippen LogP contribution in [0.3, 0.4) is 0 Å². The van der Waals surface area contributed by atoms with Crippen LogP contribution in [0.2, 0.25) is 0 Å². The molecule has 0 saturated heterocycles. The molecule has 0 amide bonds. The van der Waals surface area contributed by atoms with Crippen LogP contribution in [0.5, 0.6) is 0 Å². The highest BCUT2D eigenvalue weighted by atomic mass is 15.1. The van der Waals surface area contributed by atoms with Gasteiger partial charge in [0.25, 0.3) is 0 Å². The normalized spacial score (nSPS) is 28.7. The Kier molecular flexibility index (Phi) is 7.53. The average molecular weight is 772 g/mol. The van der Waals surface area contributed by atoms with Gasteiger partial charge in [-0.3, -0.25) is 0 Å². The van der Waals surface area contributed by atoms with Crippen molar-refractivity contribution < 1.29 is 0 Å². The van der Waals surface area contributed by atoms with E-state index in [1.165, 1.54) is 126 Å². The van der Waals surface area contributed by atoms with Crippen molar-refractivity contribution in [1.82, 2.24) is 24.1 Å². The van der Waals surface area contributed by atoms with Gasteiger partial charge >= 0.3 is 0 Å². The van der Waals surface area contributed by atoms with Gasteiger partial charge in [-0.25, -0.2) is 15.0 Å². The van der Waals surface area contributed by atoms with Crippen LogP contribution in [-0.4, -0.2) is 24.1 Å². The number of hydrogen-bond acceptors (Lipinski definition) is 3. The molecule has 2 atom stereocenters. The Balaban J connectivity index is 1.04. The van der Waals surface area contributed by atoms with Gasteiger partial charge in [0.2, 0.25) is 0 Å². The highest BCUT2D eigenvalue weighted by Gasteiger charge is 2.54. The standard InChI is InChI=1S/C54H53N5/c1-2-53(29-34-12-10-13-35(24-34)30-53)51-55-50(56-52(57-51)54-31-36-25-37(32-54)27-38(26-36)33-54)39-14-11-17-41(28-39)59-47-21-9-7-19-43(47)45-23-22-44-42-18-6-8-20-46(42)58(48(44)49(45)59)40-15-4-3-5-16-40/h3-9,11,14-23,28,34-38H,2,10,12-13,24-27,29-33H2,1H3. The van der Waals surface area contributed by atoms with Crippen molar-refractivity contribution in [2.45, 2.75) is 101 Å². The lowest BCUT2D eigenvalue weighted by atomic mass is 9.49. The summed E-state index contributed by atoms with van der Waals surface area (Å²) in [6.07, 6.45) is 17.2. The maximum atomic E-state index is 5.76. The Hall–Kier alpha value is -5.29. The largest absolute Gasteiger partial charge is 0.307 e. The van der Waals surface area contributed by atoms with Crippen molar-refractivity contribution in [1.29, 1.82) is 0 Å². The molecule has 5 nitrogen and oxygen atoms in total. The van der Waals surface area contributed by atoms with Gasteiger partial charge in [0, 0.05) is 49.3 Å². The first-order valence-electron chi connectivity index (χ1n) is 22.9. The summed E-state index contributed by atoms with van der Waals surface area (Å²) in [6.45, 7) is 2.42. The Bertz CT molecular complexity index is 2900. The van der Waals surface area contributed by atoms with E-state index in [1.807, 2.05) is 0 Å². The second-order valence-electron chi connectivity index (χ2n) is 19.9. The summed E-state index contributed by atoms with van der Waals surface area (Å²) in [7, 11) is 0. The van der Waals surface area contributed by atoms with Gasteiger partial charge in [0.1, 0.15) is 11.6 Å². The van der Waals surface area contributed by atoms with E-state index in [9.17, 15) is 0 Å². The molecule has 5 heteroatoms. The summed E-state index contributed by atoms with van der Waals surface area (Å²) in [5.41, 5.74) is 8.43. The minimum atomic E-state index is 0.0314. The first-order chi connectivity index (χ1) is 29.0. The van der Waals surface area contributed by atoms with E-state index in [0.29, 0.717) is 0 Å². The Morgan fingerprint density at radius 1 is 0.508 bits per heavy atom. The summed E-state index contributed by atoms with van der Waals surface area (Å²) in [4.78, 5) is 17.1. The van der Waals surface area contributed by atoms with Crippen molar-refractivity contribution in [3.8, 4) is 22.8 Å². The van der Waals surface area contributed by atoms with Gasteiger partial charge in [-0.15, -0.1) is 0 Å². The molecule has 6 bridgehead atoms. The van der Waals surface area contributed by atoms with E-state index in [2.05, 4.69) is 131 Å². The van der Waals surface area contributed by atoms with Crippen LogP contribution in [0.4, 0.5) is 0 Å². The van der Waals surface area contributed by atoms with Gasteiger partial charge in [-0.1, -0.05) is 105 Å². The molecule has 59 heavy (non-hydrogen) atoms. The number of aromatic nitrogens is 5. The lowest BCUT2D eigenvalue weighted by Crippen LogP contribution is -2.50. The highest BCUT2D eigenvalue weighted by molar-refractivity contribution is 6.23. The number of benzene rings is 5. The molecule has 6 aliphatic rings. The number of nitrogens with zero attached hydrogens (tertiary/aromatic N) is 5. The monoisotopic (exact) mass is 771 g/mol. The van der Waals surface area contributed by atoms with Gasteiger partial charge in [-0.2, -0.15) is 0 Å². The van der Waals surface area contributed by atoms with Crippen molar-refractivity contribution in [2.75, 3.05) is 0 Å². The van der Waals surface area contributed by atoms with Crippen LogP contribution in [-0.2, 0) is 10.8 Å². The van der Waals surface area contributed by atoms with Crippen molar-refractivity contribution >= 4 is 43.6 Å². The van der Waals surface area contributed by atoms with Crippen molar-refractivity contribution in [2.24, 2.45) is 29.6 Å². The third-order valence-electron chi connectivity index (χ3n) is 16.4.